The quantitative estimate of drug-likeness (QED) is 0.257. The number of fused-ring (bicyclic) bond motifs is 1. The van der Waals surface area contributed by atoms with Gasteiger partial charge in [-0.1, -0.05) is 37.6 Å². The molecule has 3 amide bonds. The van der Waals surface area contributed by atoms with E-state index in [-0.39, 0.29) is 28.4 Å². The van der Waals surface area contributed by atoms with Crippen LogP contribution in [0.1, 0.15) is 73.7 Å². The number of anilines is 2. The normalized spacial score (nSPS) is 12.3. The Kier molecular flexibility index (Phi) is 7.57. The van der Waals surface area contributed by atoms with Gasteiger partial charge >= 0.3 is 5.97 Å². The number of amides is 3. The highest BCUT2D eigenvalue weighted by atomic mass is 16.5. The van der Waals surface area contributed by atoms with Gasteiger partial charge in [-0.15, -0.1) is 0 Å². The Morgan fingerprint density at radius 1 is 0.838 bits per heavy atom. The van der Waals surface area contributed by atoms with Gasteiger partial charge < -0.3 is 10.1 Å². The first-order valence-corrected chi connectivity index (χ1v) is 12.0. The number of hydrogen-bond acceptors (Lipinski definition) is 6. The molecular formula is C29H26N2O6. The molecule has 0 unspecified atom stereocenters. The fraction of sp³-hybridized carbons (Fsp3) is 0.207. The lowest BCUT2D eigenvalue weighted by molar-refractivity contribution is -0.114. The molecule has 0 bridgehead atoms. The van der Waals surface area contributed by atoms with Crippen molar-refractivity contribution in [3.63, 3.8) is 0 Å². The Hall–Kier alpha value is -4.59. The van der Waals surface area contributed by atoms with E-state index >= 15 is 0 Å². The third-order valence-corrected chi connectivity index (χ3v) is 6.00. The van der Waals surface area contributed by atoms with Gasteiger partial charge in [-0.3, -0.25) is 19.2 Å². The van der Waals surface area contributed by atoms with Gasteiger partial charge in [0.05, 0.1) is 22.4 Å². The zero-order valence-electron chi connectivity index (χ0n) is 20.6. The lowest BCUT2D eigenvalue weighted by Crippen LogP contribution is -2.29. The lowest BCUT2D eigenvalue weighted by Gasteiger charge is -2.14. The molecule has 0 aliphatic carbocycles. The van der Waals surface area contributed by atoms with E-state index in [1.165, 1.54) is 25.1 Å². The number of esters is 1. The number of rotatable bonds is 9. The largest absolute Gasteiger partial charge is 0.454 e. The van der Waals surface area contributed by atoms with Gasteiger partial charge in [0.1, 0.15) is 0 Å². The summed E-state index contributed by atoms with van der Waals surface area (Å²) >= 11 is 0. The Morgan fingerprint density at radius 3 is 2.14 bits per heavy atom. The van der Waals surface area contributed by atoms with Crippen molar-refractivity contribution in [2.45, 2.75) is 33.1 Å². The van der Waals surface area contributed by atoms with Crippen LogP contribution in [0.4, 0.5) is 11.4 Å². The predicted molar refractivity (Wildman–Crippen MR) is 138 cm³/mol. The maximum Gasteiger partial charge on any atom is 0.338 e. The number of hydrogen-bond donors (Lipinski definition) is 1. The smallest absolute Gasteiger partial charge is 0.338 e. The second-order valence-corrected chi connectivity index (χ2v) is 8.73. The number of Topliss-reactive ketones (excluding diaryl/α,β-unsaturated/α-hetero) is 1. The van der Waals surface area contributed by atoms with Crippen LogP contribution in [0, 0.1) is 0 Å². The average Bonchev–Trinajstić information content (AvgIpc) is 3.15. The number of ether oxygens (including phenoxy) is 1. The summed E-state index contributed by atoms with van der Waals surface area (Å²) < 4.78 is 5.18. The number of nitrogens with zero attached hydrogens (tertiary/aromatic N) is 1. The first-order chi connectivity index (χ1) is 17.8. The second kappa shape index (κ2) is 11.0. The van der Waals surface area contributed by atoms with Crippen molar-refractivity contribution < 1.29 is 28.7 Å². The minimum Gasteiger partial charge on any atom is -0.454 e. The molecule has 0 radical (unpaired) electrons. The fourth-order valence-electron chi connectivity index (χ4n) is 4.04. The molecule has 3 aromatic rings. The number of ketones is 1. The van der Waals surface area contributed by atoms with Crippen LogP contribution in [0.15, 0.2) is 66.7 Å². The molecule has 1 aliphatic rings. The molecule has 3 aromatic carbocycles. The number of carbonyl (C=O) groups is 5. The van der Waals surface area contributed by atoms with Gasteiger partial charge in [0.15, 0.2) is 12.4 Å². The van der Waals surface area contributed by atoms with Gasteiger partial charge in [0.2, 0.25) is 5.91 Å². The number of carbonyl (C=O) groups excluding carboxylic acids is 5. The Morgan fingerprint density at radius 2 is 1.49 bits per heavy atom. The number of imide groups is 1. The molecule has 8 heteroatoms. The molecule has 4 rings (SSSR count). The van der Waals surface area contributed by atoms with E-state index in [1.54, 1.807) is 36.4 Å². The van der Waals surface area contributed by atoms with Crippen LogP contribution in [0.25, 0.3) is 0 Å². The summed E-state index contributed by atoms with van der Waals surface area (Å²) in [6.07, 6.45) is 3.10. The van der Waals surface area contributed by atoms with Crippen molar-refractivity contribution in [1.29, 1.82) is 0 Å². The van der Waals surface area contributed by atoms with Crippen LogP contribution in [0.5, 0.6) is 0 Å². The van der Waals surface area contributed by atoms with Crippen LogP contribution in [-0.2, 0) is 16.0 Å². The highest BCUT2D eigenvalue weighted by Gasteiger charge is 2.37. The molecule has 0 fully saturated rings. The summed E-state index contributed by atoms with van der Waals surface area (Å²) in [4.78, 5) is 63.2. The van der Waals surface area contributed by atoms with Crippen LogP contribution in [-0.4, -0.2) is 36.1 Å². The van der Waals surface area contributed by atoms with Crippen LogP contribution in [0.2, 0.25) is 0 Å². The summed E-state index contributed by atoms with van der Waals surface area (Å²) in [6.45, 7) is 3.05. The van der Waals surface area contributed by atoms with E-state index < -0.39 is 24.4 Å². The first-order valence-electron chi connectivity index (χ1n) is 12.0. The van der Waals surface area contributed by atoms with Gasteiger partial charge in [-0.05, 0) is 60.9 Å². The SMILES string of the molecule is CCCCc1ccc(C(=O)COC(=O)c2ccc3c(c2)C(=O)N(c2ccc(NC(C)=O)cc2)C3=O)cc1. The molecule has 0 atom stereocenters. The van der Waals surface area contributed by atoms with Gasteiger partial charge in [0.25, 0.3) is 11.8 Å². The summed E-state index contributed by atoms with van der Waals surface area (Å²) in [5.41, 5.74) is 2.74. The number of aryl methyl sites for hydroxylation is 1. The number of benzene rings is 3. The molecule has 1 aliphatic heterocycles. The monoisotopic (exact) mass is 498 g/mol. The maximum atomic E-state index is 13.0. The Balaban J connectivity index is 1.42. The van der Waals surface area contributed by atoms with Crippen LogP contribution >= 0.6 is 0 Å². The van der Waals surface area contributed by atoms with Gasteiger partial charge in [-0.25, -0.2) is 9.69 Å². The zero-order chi connectivity index (χ0) is 26.5. The van der Waals surface area contributed by atoms with Crippen molar-refractivity contribution in [2.75, 3.05) is 16.8 Å². The van der Waals surface area contributed by atoms with Crippen LogP contribution in [0.3, 0.4) is 0 Å². The third kappa shape index (κ3) is 5.64. The highest BCUT2D eigenvalue weighted by molar-refractivity contribution is 6.34. The lowest BCUT2D eigenvalue weighted by atomic mass is 10.0. The van der Waals surface area contributed by atoms with Crippen molar-refractivity contribution in [3.05, 3.63) is 94.5 Å². The number of nitrogens with one attached hydrogen (secondary N) is 1. The Bertz CT molecular complexity index is 1380. The standard InChI is InChI=1S/C29H26N2O6/c1-3-4-5-19-6-8-20(9-7-19)26(33)17-37-29(36)21-10-15-24-25(16-21)28(35)31(27(24)34)23-13-11-22(12-14-23)30-18(2)32/h6-16H,3-5,17H2,1-2H3,(H,30,32). The van der Waals surface area contributed by atoms with E-state index in [2.05, 4.69) is 12.2 Å². The zero-order valence-corrected chi connectivity index (χ0v) is 20.6. The minimum absolute atomic E-state index is 0.0606. The molecule has 0 aromatic heterocycles. The molecule has 0 saturated heterocycles. The fourth-order valence-corrected chi connectivity index (χ4v) is 4.04. The van der Waals surface area contributed by atoms with E-state index in [1.807, 2.05) is 12.1 Å². The van der Waals surface area contributed by atoms with Crippen LogP contribution < -0.4 is 10.2 Å². The summed E-state index contributed by atoms with van der Waals surface area (Å²) in [5, 5.41) is 2.62. The molecule has 188 valence electrons. The average molecular weight is 499 g/mol. The molecule has 8 nitrogen and oxygen atoms in total. The summed E-state index contributed by atoms with van der Waals surface area (Å²) in [7, 11) is 0. The molecular weight excluding hydrogens is 472 g/mol. The number of unbranched alkanes of at least 4 members (excludes halogenated alkanes) is 1. The molecule has 37 heavy (non-hydrogen) atoms. The summed E-state index contributed by atoms with van der Waals surface area (Å²) in [6, 6.07) is 17.6. The second-order valence-electron chi connectivity index (χ2n) is 8.73. The van der Waals surface area contributed by atoms with Crippen molar-refractivity contribution in [3.8, 4) is 0 Å². The molecule has 1 N–H and O–H groups in total. The minimum atomic E-state index is -0.769. The first kappa shape index (κ1) is 25.5. The highest BCUT2D eigenvalue weighted by Crippen LogP contribution is 2.30. The predicted octanol–water partition coefficient (Wildman–Crippen LogP) is 4.83. The molecule has 1 heterocycles. The van der Waals surface area contributed by atoms with Gasteiger partial charge in [0, 0.05) is 18.2 Å². The van der Waals surface area contributed by atoms with E-state index in [0.29, 0.717) is 16.9 Å². The van der Waals surface area contributed by atoms with Crippen molar-refractivity contribution >= 4 is 40.8 Å². The molecule has 0 spiro atoms. The van der Waals surface area contributed by atoms with Gasteiger partial charge in [-0.2, -0.15) is 0 Å². The van der Waals surface area contributed by atoms with Crippen molar-refractivity contribution in [2.24, 2.45) is 0 Å². The summed E-state index contributed by atoms with van der Waals surface area (Å²) in [5.74, 6) is -2.45. The molecule has 0 saturated carbocycles. The topological polar surface area (TPSA) is 110 Å². The Labute approximate surface area is 214 Å². The van der Waals surface area contributed by atoms with E-state index in [4.69, 9.17) is 4.74 Å². The maximum absolute atomic E-state index is 13.0. The van der Waals surface area contributed by atoms with E-state index in [9.17, 15) is 24.0 Å². The third-order valence-electron chi connectivity index (χ3n) is 6.00. The van der Waals surface area contributed by atoms with E-state index in [0.717, 1.165) is 29.7 Å². The van der Waals surface area contributed by atoms with Crippen molar-refractivity contribution in [1.82, 2.24) is 0 Å².